The monoisotopic (exact) mass is 215 g/mol. The molecule has 0 aliphatic heterocycles. The second-order valence-electron chi connectivity index (χ2n) is 3.55. The first-order valence-electron chi connectivity index (χ1n) is 5.49. The fraction of sp³-hybridized carbons (Fsp3) is 0.286. The fourth-order valence-electron chi connectivity index (χ4n) is 1.61. The molecule has 2 heteroatoms. The van der Waals surface area contributed by atoms with E-state index >= 15 is 0 Å². The quantitative estimate of drug-likeness (QED) is 0.728. The van der Waals surface area contributed by atoms with Gasteiger partial charge in [0.2, 0.25) is 0 Å². The fourth-order valence-corrected chi connectivity index (χ4v) is 1.61. The van der Waals surface area contributed by atoms with Crippen LogP contribution in [0.25, 0.3) is 10.8 Å². The van der Waals surface area contributed by atoms with E-state index in [2.05, 4.69) is 12.1 Å². The van der Waals surface area contributed by atoms with Crippen molar-refractivity contribution in [3.63, 3.8) is 0 Å². The molecule has 0 aliphatic rings. The highest BCUT2D eigenvalue weighted by Crippen LogP contribution is 2.20. The molecule has 2 rings (SSSR count). The van der Waals surface area contributed by atoms with Crippen molar-refractivity contribution in [3.8, 4) is 5.75 Å². The largest absolute Gasteiger partial charge is 0.465 e. The van der Waals surface area contributed by atoms with Crippen molar-refractivity contribution >= 4 is 10.8 Å². The molecule has 83 valence electrons. The maximum absolute atomic E-state index is 5.59. The summed E-state index contributed by atoms with van der Waals surface area (Å²) in [6.07, 6.45) is -0.234. The van der Waals surface area contributed by atoms with Crippen LogP contribution in [0.2, 0.25) is 0 Å². The van der Waals surface area contributed by atoms with Crippen LogP contribution in [0, 0.1) is 6.07 Å². The Labute approximate surface area is 95.8 Å². The number of benzene rings is 2. The van der Waals surface area contributed by atoms with Gasteiger partial charge in [-0.15, -0.1) is 0 Å². The van der Waals surface area contributed by atoms with E-state index in [1.807, 2.05) is 44.2 Å². The number of hydrogen-bond donors (Lipinski definition) is 0. The molecule has 0 aliphatic carbocycles. The summed E-state index contributed by atoms with van der Waals surface area (Å²) in [4.78, 5) is 0. The predicted octanol–water partition coefficient (Wildman–Crippen LogP) is 3.40. The van der Waals surface area contributed by atoms with Gasteiger partial charge in [0.25, 0.3) is 0 Å². The van der Waals surface area contributed by atoms with Gasteiger partial charge in [-0.1, -0.05) is 30.3 Å². The van der Waals surface area contributed by atoms with Crippen molar-refractivity contribution in [1.82, 2.24) is 0 Å². The number of rotatable bonds is 4. The first kappa shape index (κ1) is 11.0. The van der Waals surface area contributed by atoms with Gasteiger partial charge in [0, 0.05) is 12.7 Å². The van der Waals surface area contributed by atoms with E-state index in [-0.39, 0.29) is 6.29 Å². The highest BCUT2D eigenvalue weighted by molar-refractivity contribution is 5.83. The van der Waals surface area contributed by atoms with Crippen molar-refractivity contribution in [2.75, 3.05) is 6.61 Å². The number of fused-ring (bicyclic) bond motifs is 1. The SMILES string of the molecule is CCOC(C)Oc1[c]c2ccccc2cc1. The molecule has 1 atom stereocenters. The molecule has 2 aromatic rings. The molecule has 1 unspecified atom stereocenters. The van der Waals surface area contributed by atoms with E-state index in [4.69, 9.17) is 9.47 Å². The van der Waals surface area contributed by atoms with Crippen molar-refractivity contribution in [2.24, 2.45) is 0 Å². The summed E-state index contributed by atoms with van der Waals surface area (Å²) >= 11 is 0. The lowest BCUT2D eigenvalue weighted by Gasteiger charge is -2.14. The van der Waals surface area contributed by atoms with Crippen LogP contribution in [0.4, 0.5) is 0 Å². The Morgan fingerprint density at radius 3 is 2.81 bits per heavy atom. The average molecular weight is 215 g/mol. The molecule has 2 aromatic carbocycles. The smallest absolute Gasteiger partial charge is 0.196 e. The van der Waals surface area contributed by atoms with Crippen LogP contribution in [0.15, 0.2) is 36.4 Å². The minimum atomic E-state index is -0.234. The van der Waals surface area contributed by atoms with Gasteiger partial charge in [-0.2, -0.15) is 0 Å². The van der Waals surface area contributed by atoms with E-state index in [1.54, 1.807) is 0 Å². The Kier molecular flexibility index (Phi) is 3.42. The van der Waals surface area contributed by atoms with E-state index in [9.17, 15) is 0 Å². The van der Waals surface area contributed by atoms with Gasteiger partial charge in [0.1, 0.15) is 5.75 Å². The molecular formula is C14H15O2. The third-order valence-corrected chi connectivity index (χ3v) is 2.33. The summed E-state index contributed by atoms with van der Waals surface area (Å²) in [5.74, 6) is 0.722. The maximum Gasteiger partial charge on any atom is 0.196 e. The normalized spacial score (nSPS) is 12.6. The summed E-state index contributed by atoms with van der Waals surface area (Å²) in [5, 5.41) is 2.22. The van der Waals surface area contributed by atoms with Gasteiger partial charge < -0.3 is 9.47 Å². The second-order valence-corrected chi connectivity index (χ2v) is 3.55. The second kappa shape index (κ2) is 4.99. The van der Waals surface area contributed by atoms with Crippen LogP contribution >= 0.6 is 0 Å². The van der Waals surface area contributed by atoms with Crippen molar-refractivity contribution < 1.29 is 9.47 Å². The van der Waals surface area contributed by atoms with E-state index < -0.39 is 0 Å². The van der Waals surface area contributed by atoms with Crippen LogP contribution in [0.3, 0.4) is 0 Å². The molecule has 0 bridgehead atoms. The molecule has 0 amide bonds. The maximum atomic E-state index is 5.59. The molecule has 0 saturated carbocycles. The van der Waals surface area contributed by atoms with E-state index in [0.29, 0.717) is 6.61 Å². The molecular weight excluding hydrogens is 200 g/mol. The van der Waals surface area contributed by atoms with Gasteiger partial charge in [-0.25, -0.2) is 0 Å². The minimum Gasteiger partial charge on any atom is -0.465 e. The van der Waals surface area contributed by atoms with Crippen LogP contribution in [-0.4, -0.2) is 12.9 Å². The highest BCUT2D eigenvalue weighted by Gasteiger charge is 2.03. The Hall–Kier alpha value is -1.54. The summed E-state index contributed by atoms with van der Waals surface area (Å²) < 4.78 is 10.9. The predicted molar refractivity (Wildman–Crippen MR) is 64.5 cm³/mol. The van der Waals surface area contributed by atoms with Gasteiger partial charge in [0.15, 0.2) is 6.29 Å². The lowest BCUT2D eigenvalue weighted by molar-refractivity contribution is -0.0613. The number of ether oxygens (including phenoxy) is 2. The molecule has 2 nitrogen and oxygen atoms in total. The summed E-state index contributed by atoms with van der Waals surface area (Å²) in [6.45, 7) is 4.48. The molecule has 0 spiro atoms. The Bertz CT molecular complexity index is 465. The van der Waals surface area contributed by atoms with Gasteiger partial charge >= 0.3 is 0 Å². The van der Waals surface area contributed by atoms with Crippen LogP contribution < -0.4 is 4.74 Å². The van der Waals surface area contributed by atoms with Crippen LogP contribution in [-0.2, 0) is 4.74 Å². The van der Waals surface area contributed by atoms with Crippen LogP contribution in [0.1, 0.15) is 13.8 Å². The third kappa shape index (κ3) is 2.52. The lowest BCUT2D eigenvalue weighted by Crippen LogP contribution is -2.15. The van der Waals surface area contributed by atoms with Gasteiger partial charge in [-0.05, 0) is 30.7 Å². The molecule has 0 aromatic heterocycles. The van der Waals surface area contributed by atoms with Crippen molar-refractivity contribution in [1.29, 1.82) is 0 Å². The first-order valence-corrected chi connectivity index (χ1v) is 5.49. The first-order chi connectivity index (χ1) is 7.79. The zero-order chi connectivity index (χ0) is 11.4. The Morgan fingerprint density at radius 2 is 2.00 bits per heavy atom. The molecule has 0 fully saturated rings. The minimum absolute atomic E-state index is 0.234. The molecule has 0 heterocycles. The summed E-state index contributed by atoms with van der Waals surface area (Å²) in [7, 11) is 0. The highest BCUT2D eigenvalue weighted by atomic mass is 16.7. The van der Waals surface area contributed by atoms with E-state index in [0.717, 1.165) is 11.1 Å². The molecule has 1 radical (unpaired) electrons. The van der Waals surface area contributed by atoms with Gasteiger partial charge in [-0.3, -0.25) is 0 Å². The molecule has 0 N–H and O–H groups in total. The van der Waals surface area contributed by atoms with Crippen molar-refractivity contribution in [2.45, 2.75) is 20.1 Å². The van der Waals surface area contributed by atoms with Crippen molar-refractivity contribution in [3.05, 3.63) is 42.5 Å². The Balaban J connectivity index is 2.19. The third-order valence-electron chi connectivity index (χ3n) is 2.33. The van der Waals surface area contributed by atoms with Gasteiger partial charge in [0.05, 0.1) is 0 Å². The zero-order valence-electron chi connectivity index (χ0n) is 9.57. The lowest BCUT2D eigenvalue weighted by atomic mass is 10.1. The van der Waals surface area contributed by atoms with E-state index in [1.165, 1.54) is 5.39 Å². The zero-order valence-corrected chi connectivity index (χ0v) is 9.57. The standard InChI is InChI=1S/C14H15O2/c1-3-15-11(2)16-14-9-8-12-6-4-5-7-13(12)10-14/h4-9,11H,3H2,1-2H3. The topological polar surface area (TPSA) is 18.5 Å². The number of hydrogen-bond acceptors (Lipinski definition) is 2. The molecule has 0 saturated heterocycles. The summed E-state index contributed by atoms with van der Waals surface area (Å²) in [5.41, 5.74) is 0. The Morgan fingerprint density at radius 1 is 1.19 bits per heavy atom. The summed E-state index contributed by atoms with van der Waals surface area (Å²) in [6, 6.07) is 15.2. The molecule has 16 heavy (non-hydrogen) atoms. The van der Waals surface area contributed by atoms with Crippen LogP contribution in [0.5, 0.6) is 5.75 Å². The average Bonchev–Trinajstić information content (AvgIpc) is 2.29.